The van der Waals surface area contributed by atoms with Gasteiger partial charge in [-0.25, -0.2) is 4.98 Å². The van der Waals surface area contributed by atoms with Gasteiger partial charge in [-0.2, -0.15) is 0 Å². The molecule has 2 heterocycles. The standard InChI is InChI=1S/C18H22N4O4/c23-22(24)17-5-2-6-19-18(17)20-14-15-3-1-4-16(13-15)26-12-9-21-7-10-25-11-8-21/h1-6,13H,7-12,14H2,(H,19,20). The number of hydrogen-bond acceptors (Lipinski definition) is 7. The SMILES string of the molecule is O=[N+]([O-])c1cccnc1NCc1cccc(OCCN2CCOCC2)c1. The van der Waals surface area contributed by atoms with E-state index in [1.165, 1.54) is 12.3 Å². The first-order valence-electron chi connectivity index (χ1n) is 8.57. The molecule has 0 amide bonds. The summed E-state index contributed by atoms with van der Waals surface area (Å²) in [6.45, 7) is 5.35. The number of hydrogen-bond donors (Lipinski definition) is 1. The number of morpholine rings is 1. The normalized spacial score (nSPS) is 14.8. The Morgan fingerprint density at radius 1 is 1.27 bits per heavy atom. The summed E-state index contributed by atoms with van der Waals surface area (Å²) in [6, 6.07) is 10.7. The van der Waals surface area contributed by atoms with Gasteiger partial charge in [-0.15, -0.1) is 0 Å². The van der Waals surface area contributed by atoms with E-state index in [0.717, 1.165) is 44.2 Å². The van der Waals surface area contributed by atoms with Crippen molar-refractivity contribution in [2.75, 3.05) is 44.8 Å². The van der Waals surface area contributed by atoms with Gasteiger partial charge in [0.25, 0.3) is 0 Å². The second-order valence-electron chi connectivity index (χ2n) is 5.93. The van der Waals surface area contributed by atoms with Crippen LogP contribution in [0.15, 0.2) is 42.6 Å². The van der Waals surface area contributed by atoms with Gasteiger partial charge in [-0.05, 0) is 23.8 Å². The van der Waals surface area contributed by atoms with Crippen LogP contribution in [0, 0.1) is 10.1 Å². The highest BCUT2D eigenvalue weighted by Gasteiger charge is 2.13. The smallest absolute Gasteiger partial charge is 0.311 e. The number of nitrogens with zero attached hydrogens (tertiary/aromatic N) is 3. The molecule has 26 heavy (non-hydrogen) atoms. The predicted octanol–water partition coefficient (Wildman–Crippen LogP) is 2.31. The Bertz CT molecular complexity index is 735. The Labute approximate surface area is 151 Å². The Kier molecular flexibility index (Phi) is 6.34. The second kappa shape index (κ2) is 9.12. The van der Waals surface area contributed by atoms with Crippen molar-refractivity contribution >= 4 is 11.5 Å². The van der Waals surface area contributed by atoms with Crippen molar-refractivity contribution in [2.24, 2.45) is 0 Å². The van der Waals surface area contributed by atoms with Crippen molar-refractivity contribution in [3.05, 3.63) is 58.3 Å². The molecule has 3 rings (SSSR count). The van der Waals surface area contributed by atoms with Crippen LogP contribution >= 0.6 is 0 Å². The molecule has 1 aliphatic rings. The van der Waals surface area contributed by atoms with Crippen LogP contribution in [0.25, 0.3) is 0 Å². The largest absolute Gasteiger partial charge is 0.492 e. The minimum atomic E-state index is -0.444. The summed E-state index contributed by atoms with van der Waals surface area (Å²) in [5.41, 5.74) is 0.930. The monoisotopic (exact) mass is 358 g/mol. The quantitative estimate of drug-likeness (QED) is 0.572. The summed E-state index contributed by atoms with van der Waals surface area (Å²) in [6.07, 6.45) is 1.53. The lowest BCUT2D eigenvalue weighted by Gasteiger charge is -2.26. The summed E-state index contributed by atoms with van der Waals surface area (Å²) in [5.74, 6) is 1.05. The van der Waals surface area contributed by atoms with Gasteiger partial charge < -0.3 is 14.8 Å². The summed E-state index contributed by atoms with van der Waals surface area (Å²) in [4.78, 5) is 16.9. The third-order valence-corrected chi connectivity index (χ3v) is 4.12. The average molecular weight is 358 g/mol. The van der Waals surface area contributed by atoms with E-state index in [2.05, 4.69) is 15.2 Å². The summed E-state index contributed by atoms with van der Waals surface area (Å²) in [5, 5.41) is 14.0. The summed E-state index contributed by atoms with van der Waals surface area (Å²) < 4.78 is 11.2. The van der Waals surface area contributed by atoms with Crippen LogP contribution in [0.2, 0.25) is 0 Å². The molecule has 8 nitrogen and oxygen atoms in total. The van der Waals surface area contributed by atoms with Gasteiger partial charge in [0.1, 0.15) is 12.4 Å². The fourth-order valence-electron chi connectivity index (χ4n) is 2.73. The molecular weight excluding hydrogens is 336 g/mol. The molecule has 1 saturated heterocycles. The molecule has 0 radical (unpaired) electrons. The van der Waals surface area contributed by atoms with E-state index in [-0.39, 0.29) is 11.5 Å². The van der Waals surface area contributed by atoms with Crippen molar-refractivity contribution < 1.29 is 14.4 Å². The predicted molar refractivity (Wildman–Crippen MR) is 97.4 cm³/mol. The van der Waals surface area contributed by atoms with E-state index in [1.54, 1.807) is 6.07 Å². The van der Waals surface area contributed by atoms with Gasteiger partial charge in [0.15, 0.2) is 0 Å². The van der Waals surface area contributed by atoms with E-state index < -0.39 is 4.92 Å². The number of ether oxygens (including phenoxy) is 2. The van der Waals surface area contributed by atoms with E-state index in [9.17, 15) is 10.1 Å². The number of rotatable bonds is 8. The molecule has 1 fully saturated rings. The Balaban J connectivity index is 1.52. The van der Waals surface area contributed by atoms with E-state index >= 15 is 0 Å². The topological polar surface area (TPSA) is 89.8 Å². The van der Waals surface area contributed by atoms with E-state index in [1.807, 2.05) is 24.3 Å². The zero-order valence-electron chi connectivity index (χ0n) is 14.5. The molecule has 0 saturated carbocycles. The van der Waals surface area contributed by atoms with Crippen LogP contribution in [0.3, 0.4) is 0 Å². The summed E-state index contributed by atoms with van der Waals surface area (Å²) >= 11 is 0. The van der Waals surface area contributed by atoms with Gasteiger partial charge >= 0.3 is 5.69 Å². The van der Waals surface area contributed by atoms with Gasteiger partial charge in [-0.1, -0.05) is 12.1 Å². The fourth-order valence-corrected chi connectivity index (χ4v) is 2.73. The van der Waals surface area contributed by atoms with Crippen molar-refractivity contribution in [2.45, 2.75) is 6.54 Å². The van der Waals surface area contributed by atoms with Crippen molar-refractivity contribution in [3.63, 3.8) is 0 Å². The molecule has 0 atom stereocenters. The molecule has 1 aromatic carbocycles. The lowest BCUT2D eigenvalue weighted by Crippen LogP contribution is -2.38. The molecule has 8 heteroatoms. The van der Waals surface area contributed by atoms with Crippen molar-refractivity contribution in [1.82, 2.24) is 9.88 Å². The van der Waals surface area contributed by atoms with Crippen LogP contribution in [0.1, 0.15) is 5.56 Å². The second-order valence-corrected chi connectivity index (χ2v) is 5.93. The van der Waals surface area contributed by atoms with Crippen LogP contribution in [0.4, 0.5) is 11.5 Å². The number of nitro groups is 1. The molecule has 0 spiro atoms. The maximum atomic E-state index is 11.0. The molecular formula is C18H22N4O4. The minimum absolute atomic E-state index is 0.0367. The highest BCUT2D eigenvalue weighted by atomic mass is 16.6. The zero-order valence-corrected chi connectivity index (χ0v) is 14.5. The maximum Gasteiger partial charge on any atom is 0.311 e. The number of nitrogens with one attached hydrogen (secondary N) is 1. The van der Waals surface area contributed by atoms with Crippen molar-refractivity contribution in [3.8, 4) is 5.75 Å². The van der Waals surface area contributed by atoms with E-state index in [0.29, 0.717) is 13.2 Å². The molecule has 0 aliphatic carbocycles. The molecule has 2 aromatic rings. The van der Waals surface area contributed by atoms with Crippen molar-refractivity contribution in [1.29, 1.82) is 0 Å². The third kappa shape index (κ3) is 5.14. The molecule has 1 aromatic heterocycles. The van der Waals surface area contributed by atoms with Gasteiger partial charge in [0, 0.05) is 38.4 Å². The molecule has 0 bridgehead atoms. The highest BCUT2D eigenvalue weighted by Crippen LogP contribution is 2.21. The van der Waals surface area contributed by atoms with Crippen LogP contribution in [0.5, 0.6) is 5.75 Å². The lowest BCUT2D eigenvalue weighted by atomic mass is 10.2. The minimum Gasteiger partial charge on any atom is -0.492 e. The Morgan fingerprint density at radius 2 is 2.12 bits per heavy atom. The van der Waals surface area contributed by atoms with Crippen LogP contribution < -0.4 is 10.1 Å². The van der Waals surface area contributed by atoms with Crippen LogP contribution in [-0.4, -0.2) is 54.3 Å². The Morgan fingerprint density at radius 3 is 2.92 bits per heavy atom. The molecule has 138 valence electrons. The first-order valence-corrected chi connectivity index (χ1v) is 8.57. The highest BCUT2D eigenvalue weighted by molar-refractivity contribution is 5.55. The van der Waals surface area contributed by atoms with Gasteiger partial charge in [-0.3, -0.25) is 15.0 Å². The van der Waals surface area contributed by atoms with Crippen LogP contribution in [-0.2, 0) is 11.3 Å². The number of pyridine rings is 1. The van der Waals surface area contributed by atoms with E-state index in [4.69, 9.17) is 9.47 Å². The molecule has 1 N–H and O–H groups in total. The number of aromatic nitrogens is 1. The molecule has 0 unspecified atom stereocenters. The summed E-state index contributed by atoms with van der Waals surface area (Å²) in [7, 11) is 0. The van der Waals surface area contributed by atoms with Gasteiger partial charge in [0.05, 0.1) is 18.1 Å². The zero-order chi connectivity index (χ0) is 18.2. The number of benzene rings is 1. The third-order valence-electron chi connectivity index (χ3n) is 4.12. The first kappa shape index (κ1) is 18.1. The average Bonchev–Trinajstić information content (AvgIpc) is 2.68. The fraction of sp³-hybridized carbons (Fsp3) is 0.389. The maximum absolute atomic E-state index is 11.0. The molecule has 1 aliphatic heterocycles. The van der Waals surface area contributed by atoms with Gasteiger partial charge in [0.2, 0.25) is 5.82 Å². The first-order chi connectivity index (χ1) is 12.7. The lowest BCUT2D eigenvalue weighted by molar-refractivity contribution is -0.384. The Hall–Kier alpha value is -2.71. The number of anilines is 1.